The number of rotatable bonds is 4. The second-order valence-corrected chi connectivity index (χ2v) is 6.59. The highest BCUT2D eigenvalue weighted by Crippen LogP contribution is 2.31. The second kappa shape index (κ2) is 5.91. The molecule has 0 radical (unpaired) electrons. The summed E-state index contributed by atoms with van der Waals surface area (Å²) in [5.41, 5.74) is 0. The van der Waals surface area contributed by atoms with Gasteiger partial charge in [0, 0.05) is 22.3 Å². The van der Waals surface area contributed by atoms with Crippen molar-refractivity contribution in [2.24, 2.45) is 5.92 Å². The van der Waals surface area contributed by atoms with Crippen LogP contribution in [0.25, 0.3) is 10.1 Å². The Morgan fingerprint density at radius 1 is 1.26 bits per heavy atom. The lowest BCUT2D eigenvalue weighted by molar-refractivity contribution is 0.318. The highest BCUT2D eigenvalue weighted by molar-refractivity contribution is 7.17. The van der Waals surface area contributed by atoms with Gasteiger partial charge < -0.3 is 5.32 Å². The summed E-state index contributed by atoms with van der Waals surface area (Å²) < 4.78 is 1.33. The molecule has 0 saturated heterocycles. The van der Waals surface area contributed by atoms with E-state index in [-0.39, 0.29) is 0 Å². The summed E-state index contributed by atoms with van der Waals surface area (Å²) >= 11 is 1.79. The normalized spacial score (nSPS) is 23.6. The van der Waals surface area contributed by atoms with E-state index in [1.807, 2.05) is 6.20 Å². The number of nitrogens with one attached hydrogen (secondary N) is 1. The number of hydrogen-bond acceptors (Lipinski definition) is 3. The average molecular weight is 274 g/mol. The summed E-state index contributed by atoms with van der Waals surface area (Å²) in [6.45, 7) is 2.30. The fraction of sp³-hybridized carbons (Fsp3) is 0.562. The zero-order valence-electron chi connectivity index (χ0n) is 11.6. The number of hydrogen-bond donors (Lipinski definition) is 1. The van der Waals surface area contributed by atoms with E-state index in [2.05, 4.69) is 34.7 Å². The molecule has 2 heterocycles. The Kier molecular flexibility index (Phi) is 4.02. The van der Waals surface area contributed by atoms with Crippen LogP contribution >= 0.6 is 11.3 Å². The van der Waals surface area contributed by atoms with Crippen molar-refractivity contribution in [2.75, 3.05) is 5.32 Å². The van der Waals surface area contributed by atoms with Gasteiger partial charge in [0.2, 0.25) is 0 Å². The minimum Gasteiger partial charge on any atom is -0.367 e. The second-order valence-electron chi connectivity index (χ2n) is 5.64. The van der Waals surface area contributed by atoms with Crippen LogP contribution in [0, 0.1) is 5.92 Å². The third kappa shape index (κ3) is 2.92. The molecular weight excluding hydrogens is 252 g/mol. The van der Waals surface area contributed by atoms with Crippen molar-refractivity contribution in [1.82, 2.24) is 4.98 Å². The molecule has 3 rings (SSSR count). The number of nitrogens with zero attached hydrogens (tertiary/aromatic N) is 1. The summed E-state index contributed by atoms with van der Waals surface area (Å²) in [5.74, 6) is 2.05. The van der Waals surface area contributed by atoms with E-state index in [9.17, 15) is 0 Å². The van der Waals surface area contributed by atoms with Crippen molar-refractivity contribution < 1.29 is 0 Å². The Labute approximate surface area is 119 Å². The van der Waals surface area contributed by atoms with Crippen molar-refractivity contribution >= 4 is 27.2 Å². The Morgan fingerprint density at radius 2 is 2.11 bits per heavy atom. The fourth-order valence-electron chi connectivity index (χ4n) is 3.21. The first kappa shape index (κ1) is 12.9. The molecular formula is C16H22N2S. The van der Waals surface area contributed by atoms with E-state index < -0.39 is 0 Å². The Balaban J connectivity index is 1.65. The summed E-state index contributed by atoms with van der Waals surface area (Å²) in [6, 6.07) is 4.90. The smallest absolute Gasteiger partial charge is 0.134 e. The summed E-state index contributed by atoms with van der Waals surface area (Å²) in [4.78, 5) is 4.52. The summed E-state index contributed by atoms with van der Waals surface area (Å²) in [7, 11) is 0. The third-order valence-electron chi connectivity index (χ3n) is 4.26. The van der Waals surface area contributed by atoms with Crippen molar-refractivity contribution in [2.45, 2.75) is 51.5 Å². The van der Waals surface area contributed by atoms with Crippen LogP contribution in [0.15, 0.2) is 23.7 Å². The summed E-state index contributed by atoms with van der Waals surface area (Å²) in [5, 5.41) is 7.10. The van der Waals surface area contributed by atoms with Crippen LogP contribution in [0.2, 0.25) is 0 Å². The topological polar surface area (TPSA) is 24.9 Å². The highest BCUT2D eigenvalue weighted by atomic mass is 32.1. The lowest BCUT2D eigenvalue weighted by atomic mass is 9.83. The number of fused-ring (bicyclic) bond motifs is 1. The summed E-state index contributed by atoms with van der Waals surface area (Å²) in [6.07, 6.45) is 10.0. The van der Waals surface area contributed by atoms with E-state index in [1.165, 1.54) is 48.6 Å². The van der Waals surface area contributed by atoms with Crippen LogP contribution in [-0.4, -0.2) is 11.0 Å². The molecule has 0 aromatic carbocycles. The predicted octanol–water partition coefficient (Wildman–Crippen LogP) is 5.07. The van der Waals surface area contributed by atoms with Gasteiger partial charge >= 0.3 is 0 Å². The van der Waals surface area contributed by atoms with Crippen LogP contribution < -0.4 is 5.32 Å². The third-order valence-corrected chi connectivity index (χ3v) is 5.15. The molecule has 0 unspecified atom stereocenters. The number of aromatic nitrogens is 1. The predicted molar refractivity (Wildman–Crippen MR) is 83.9 cm³/mol. The van der Waals surface area contributed by atoms with E-state index in [0.29, 0.717) is 6.04 Å². The van der Waals surface area contributed by atoms with E-state index >= 15 is 0 Å². The molecule has 0 aliphatic heterocycles. The maximum absolute atomic E-state index is 4.52. The molecule has 1 aliphatic rings. The van der Waals surface area contributed by atoms with Gasteiger partial charge in [-0.05, 0) is 49.1 Å². The van der Waals surface area contributed by atoms with Gasteiger partial charge in [0.05, 0.1) is 0 Å². The first-order chi connectivity index (χ1) is 9.36. The zero-order valence-corrected chi connectivity index (χ0v) is 12.4. The molecule has 19 heavy (non-hydrogen) atoms. The van der Waals surface area contributed by atoms with Gasteiger partial charge in [-0.1, -0.05) is 19.8 Å². The van der Waals surface area contributed by atoms with Crippen LogP contribution in [0.4, 0.5) is 5.82 Å². The van der Waals surface area contributed by atoms with Gasteiger partial charge in [0.25, 0.3) is 0 Å². The van der Waals surface area contributed by atoms with Gasteiger partial charge in [-0.3, -0.25) is 0 Å². The minimum absolute atomic E-state index is 0.617. The van der Waals surface area contributed by atoms with E-state index in [0.717, 1.165) is 11.7 Å². The lowest BCUT2D eigenvalue weighted by Crippen LogP contribution is -2.26. The van der Waals surface area contributed by atoms with Crippen molar-refractivity contribution in [3.63, 3.8) is 0 Å². The molecule has 0 atom stereocenters. The largest absolute Gasteiger partial charge is 0.367 e. The monoisotopic (exact) mass is 274 g/mol. The van der Waals surface area contributed by atoms with E-state index in [4.69, 9.17) is 0 Å². The Hall–Kier alpha value is -1.09. The van der Waals surface area contributed by atoms with Crippen LogP contribution in [0.1, 0.15) is 45.4 Å². The number of thiophene rings is 1. The fourth-order valence-corrected chi connectivity index (χ4v) is 3.99. The van der Waals surface area contributed by atoms with Gasteiger partial charge in [0.1, 0.15) is 5.82 Å². The Bertz CT molecular complexity index is 526. The number of pyridine rings is 1. The molecule has 2 aromatic heterocycles. The zero-order chi connectivity index (χ0) is 13.1. The van der Waals surface area contributed by atoms with Crippen molar-refractivity contribution in [3.8, 4) is 0 Å². The van der Waals surface area contributed by atoms with Crippen molar-refractivity contribution in [1.29, 1.82) is 0 Å². The van der Waals surface area contributed by atoms with Gasteiger partial charge in [0.15, 0.2) is 0 Å². The van der Waals surface area contributed by atoms with Crippen molar-refractivity contribution in [3.05, 3.63) is 23.7 Å². The van der Waals surface area contributed by atoms with Gasteiger partial charge in [-0.25, -0.2) is 4.98 Å². The molecule has 0 bridgehead atoms. The molecule has 1 N–H and O–H groups in total. The SMILES string of the molecule is CCCC1CCC(Nc2nccc3sccc23)CC1. The quantitative estimate of drug-likeness (QED) is 0.842. The van der Waals surface area contributed by atoms with Gasteiger partial charge in [-0.15, -0.1) is 11.3 Å². The number of anilines is 1. The first-order valence-corrected chi connectivity index (χ1v) is 8.33. The molecule has 102 valence electrons. The van der Waals surface area contributed by atoms with Crippen LogP contribution in [0.3, 0.4) is 0 Å². The highest BCUT2D eigenvalue weighted by Gasteiger charge is 2.21. The average Bonchev–Trinajstić information content (AvgIpc) is 2.91. The minimum atomic E-state index is 0.617. The Morgan fingerprint density at radius 3 is 2.89 bits per heavy atom. The standard InChI is InChI=1S/C16H22N2S/c1-2-3-12-4-6-13(7-5-12)18-16-14-9-11-19-15(14)8-10-17-16/h8-13H,2-7H2,1H3,(H,17,18). The molecule has 3 heteroatoms. The maximum atomic E-state index is 4.52. The van der Waals surface area contributed by atoms with Crippen LogP contribution in [0.5, 0.6) is 0 Å². The molecule has 1 fully saturated rings. The molecule has 1 aliphatic carbocycles. The van der Waals surface area contributed by atoms with Gasteiger partial charge in [-0.2, -0.15) is 0 Å². The molecule has 0 amide bonds. The van der Waals surface area contributed by atoms with E-state index in [1.54, 1.807) is 11.3 Å². The lowest BCUT2D eigenvalue weighted by Gasteiger charge is -2.29. The van der Waals surface area contributed by atoms with Crippen LogP contribution in [-0.2, 0) is 0 Å². The molecule has 2 nitrogen and oxygen atoms in total. The maximum Gasteiger partial charge on any atom is 0.134 e. The first-order valence-electron chi connectivity index (χ1n) is 7.45. The molecule has 0 spiro atoms. The molecule has 1 saturated carbocycles. The molecule has 2 aromatic rings.